The van der Waals surface area contributed by atoms with Crippen molar-refractivity contribution < 1.29 is 9.53 Å². The van der Waals surface area contributed by atoms with Crippen LogP contribution in [0, 0.1) is 22.7 Å². The monoisotopic (exact) mass is 596 g/mol. The molecule has 4 atom stereocenters. The molecule has 0 aromatic carbocycles. The van der Waals surface area contributed by atoms with Crippen molar-refractivity contribution in [3.05, 3.63) is 52.9 Å². The molecule has 3 fully saturated rings. The average Bonchev–Trinajstić information content (AvgIpc) is 3.68. The predicted octanol–water partition coefficient (Wildman–Crippen LogP) is 3.21. The number of nitrogens with zero attached hydrogens (tertiary/aromatic N) is 7. The lowest BCUT2D eigenvalue weighted by Gasteiger charge is -2.45. The van der Waals surface area contributed by atoms with Crippen molar-refractivity contribution >= 4 is 17.8 Å². The number of ether oxygens (including phenoxy) is 1. The Hall–Kier alpha value is -3.84. The number of carbonyl (C=O) groups is 1. The van der Waals surface area contributed by atoms with Crippen LogP contribution in [0.25, 0.3) is 0 Å². The summed E-state index contributed by atoms with van der Waals surface area (Å²) < 4.78 is 6.48. The van der Waals surface area contributed by atoms with E-state index in [0.29, 0.717) is 56.2 Å². The van der Waals surface area contributed by atoms with E-state index >= 15 is 0 Å². The molecule has 1 saturated carbocycles. The number of aromatic nitrogens is 1. The fourth-order valence-corrected chi connectivity index (χ4v) is 7.99. The van der Waals surface area contributed by atoms with Gasteiger partial charge in [-0.15, -0.1) is 0 Å². The second kappa shape index (κ2) is 11.3. The van der Waals surface area contributed by atoms with Crippen LogP contribution >= 0.6 is 0 Å². The van der Waals surface area contributed by atoms with Crippen molar-refractivity contribution in [2.75, 3.05) is 51.3 Å². The summed E-state index contributed by atoms with van der Waals surface area (Å²) in [6, 6.07) is 3.00. The number of carbonyl (C=O) groups excluding carboxylic acids is 1. The molecule has 1 aromatic heterocycles. The zero-order valence-electron chi connectivity index (χ0n) is 26.3. The standard InChI is InChI=1S/C34H44N8O2/c1-5-30(43)40-15-16-42(22(2)18-40)31-26-12-14-41(32-25(23-8-9-23)10-11-29-34(32,3)21-36-38-29)19-28(26)37-33(27(31)17-35)44-20-24-7-6-13-39(24)4/h5,10-11,21-24,29,38H,1,6-9,12-16,18-20H2,2-4H3/t22-,24-,29?,34?/m0/s1. The molecule has 232 valence electrons. The average molecular weight is 597 g/mol. The minimum atomic E-state index is -0.214. The number of pyridine rings is 1. The minimum Gasteiger partial charge on any atom is -0.475 e. The largest absolute Gasteiger partial charge is 0.475 e. The number of anilines is 1. The number of piperazine rings is 1. The molecule has 5 heterocycles. The van der Waals surface area contributed by atoms with E-state index in [1.54, 1.807) is 0 Å². The fourth-order valence-electron chi connectivity index (χ4n) is 7.99. The van der Waals surface area contributed by atoms with Gasteiger partial charge in [-0.2, -0.15) is 10.4 Å². The number of hydrogen-bond donors (Lipinski definition) is 1. The van der Waals surface area contributed by atoms with E-state index in [-0.39, 0.29) is 23.4 Å². The number of rotatable bonds is 7. The van der Waals surface area contributed by atoms with Gasteiger partial charge in [0, 0.05) is 55.7 Å². The number of nitrogens with one attached hydrogen (secondary N) is 1. The highest BCUT2D eigenvalue weighted by Gasteiger charge is 2.47. The number of likely N-dealkylation sites (tertiary alicyclic amines) is 1. The van der Waals surface area contributed by atoms with E-state index in [1.807, 2.05) is 4.90 Å². The first-order valence-corrected chi connectivity index (χ1v) is 16.3. The van der Waals surface area contributed by atoms with Crippen LogP contribution in [0.2, 0.25) is 0 Å². The first-order chi connectivity index (χ1) is 21.3. The maximum atomic E-state index is 12.4. The Kier molecular flexibility index (Phi) is 7.40. The SMILES string of the molecule is C=CC(=O)N1CCN(c2c(C#N)c(OC[C@@H]3CCCN3C)nc3c2CCN(C2=C(C4CC4)C=CC4NN=CC24C)C3)[C@@H](C)C1. The molecule has 2 unspecified atom stereocenters. The zero-order chi connectivity index (χ0) is 30.6. The fraction of sp³-hybridized carbons (Fsp3) is 0.588. The van der Waals surface area contributed by atoms with Crippen LogP contribution in [0.5, 0.6) is 5.88 Å². The van der Waals surface area contributed by atoms with E-state index in [0.717, 1.165) is 49.3 Å². The molecule has 0 spiro atoms. The Morgan fingerprint density at radius 1 is 1.27 bits per heavy atom. The number of fused-ring (bicyclic) bond motifs is 2. The van der Waals surface area contributed by atoms with E-state index in [2.05, 4.69) is 77.1 Å². The lowest BCUT2D eigenvalue weighted by molar-refractivity contribution is -0.126. The predicted molar refractivity (Wildman–Crippen MR) is 170 cm³/mol. The number of hydrogen-bond acceptors (Lipinski definition) is 9. The molecule has 6 aliphatic rings. The van der Waals surface area contributed by atoms with Crippen LogP contribution in [0.3, 0.4) is 0 Å². The summed E-state index contributed by atoms with van der Waals surface area (Å²) in [4.78, 5) is 26.6. The molecule has 0 bridgehead atoms. The van der Waals surface area contributed by atoms with Gasteiger partial charge >= 0.3 is 0 Å². The summed E-state index contributed by atoms with van der Waals surface area (Å²) in [6.45, 7) is 13.0. The number of amides is 1. The molecule has 1 amide bonds. The van der Waals surface area contributed by atoms with Crippen LogP contribution in [0.4, 0.5) is 5.69 Å². The molecule has 7 rings (SSSR count). The second-order valence-electron chi connectivity index (χ2n) is 13.6. The Bertz CT molecular complexity index is 1490. The van der Waals surface area contributed by atoms with E-state index in [9.17, 15) is 10.1 Å². The summed E-state index contributed by atoms with van der Waals surface area (Å²) in [5, 5.41) is 15.1. The molecule has 0 radical (unpaired) electrons. The Balaban J connectivity index is 1.27. The summed E-state index contributed by atoms with van der Waals surface area (Å²) in [7, 11) is 2.14. The van der Waals surface area contributed by atoms with Gasteiger partial charge in [0.25, 0.3) is 0 Å². The number of allylic oxidation sites excluding steroid dienone is 2. The summed E-state index contributed by atoms with van der Waals surface area (Å²) in [6.07, 6.45) is 13.6. The molecule has 10 heteroatoms. The number of nitriles is 1. The summed E-state index contributed by atoms with van der Waals surface area (Å²) in [5.74, 6) is 0.997. The van der Waals surface area contributed by atoms with E-state index < -0.39 is 0 Å². The quantitative estimate of drug-likeness (QED) is 0.479. The van der Waals surface area contributed by atoms with Gasteiger partial charge in [-0.05, 0) is 77.1 Å². The summed E-state index contributed by atoms with van der Waals surface area (Å²) >= 11 is 0. The summed E-state index contributed by atoms with van der Waals surface area (Å²) in [5.41, 5.74) is 9.48. The van der Waals surface area contributed by atoms with Gasteiger partial charge in [0.2, 0.25) is 11.8 Å². The van der Waals surface area contributed by atoms with Gasteiger partial charge in [-0.1, -0.05) is 18.7 Å². The van der Waals surface area contributed by atoms with Crippen molar-refractivity contribution in [1.29, 1.82) is 5.26 Å². The lowest BCUT2D eigenvalue weighted by atomic mass is 9.74. The third-order valence-electron chi connectivity index (χ3n) is 10.7. The zero-order valence-corrected chi connectivity index (χ0v) is 26.3. The van der Waals surface area contributed by atoms with Crippen molar-refractivity contribution in [2.24, 2.45) is 16.4 Å². The molecule has 10 nitrogen and oxygen atoms in total. The van der Waals surface area contributed by atoms with Crippen LogP contribution < -0.4 is 15.1 Å². The van der Waals surface area contributed by atoms with Crippen LogP contribution in [0.15, 0.2) is 41.2 Å². The Morgan fingerprint density at radius 2 is 2.11 bits per heavy atom. The maximum absolute atomic E-state index is 12.4. The highest BCUT2D eigenvalue weighted by molar-refractivity contribution is 5.87. The maximum Gasteiger partial charge on any atom is 0.246 e. The Morgan fingerprint density at radius 3 is 2.82 bits per heavy atom. The van der Waals surface area contributed by atoms with Gasteiger partial charge in [0.05, 0.1) is 29.4 Å². The normalized spacial score (nSPS) is 29.8. The molecule has 4 aliphatic heterocycles. The van der Waals surface area contributed by atoms with Gasteiger partial charge in [0.1, 0.15) is 18.2 Å². The molecular weight excluding hydrogens is 552 g/mol. The van der Waals surface area contributed by atoms with E-state index in [4.69, 9.17) is 9.72 Å². The topological polar surface area (TPSA) is 100 Å². The van der Waals surface area contributed by atoms with Crippen molar-refractivity contribution in [1.82, 2.24) is 25.1 Å². The van der Waals surface area contributed by atoms with Gasteiger partial charge in [0.15, 0.2) is 0 Å². The van der Waals surface area contributed by atoms with Crippen LogP contribution in [-0.4, -0.2) is 96.3 Å². The van der Waals surface area contributed by atoms with Gasteiger partial charge in [-0.3, -0.25) is 4.79 Å². The second-order valence-corrected chi connectivity index (χ2v) is 13.6. The molecule has 44 heavy (non-hydrogen) atoms. The van der Waals surface area contributed by atoms with Crippen LogP contribution in [-0.2, 0) is 17.8 Å². The van der Waals surface area contributed by atoms with Gasteiger partial charge < -0.3 is 29.8 Å². The molecule has 1 aromatic rings. The molecule has 2 saturated heterocycles. The van der Waals surface area contributed by atoms with Crippen molar-refractivity contribution in [3.63, 3.8) is 0 Å². The van der Waals surface area contributed by atoms with E-state index in [1.165, 1.54) is 30.2 Å². The first-order valence-electron chi connectivity index (χ1n) is 16.3. The molecule has 1 N–H and O–H groups in total. The highest BCUT2D eigenvalue weighted by Crippen LogP contribution is 2.49. The number of likely N-dealkylation sites (N-methyl/N-ethyl adjacent to an activating group) is 1. The first kappa shape index (κ1) is 28.9. The highest BCUT2D eigenvalue weighted by atomic mass is 16.5. The van der Waals surface area contributed by atoms with Crippen molar-refractivity contribution in [2.45, 2.75) is 70.6 Å². The third-order valence-corrected chi connectivity index (χ3v) is 10.7. The minimum absolute atomic E-state index is 0.0335. The van der Waals surface area contributed by atoms with Gasteiger partial charge in [-0.25, -0.2) is 4.98 Å². The molecular formula is C34H44N8O2. The number of hydrazone groups is 1. The smallest absolute Gasteiger partial charge is 0.246 e. The Labute approximate surface area is 260 Å². The van der Waals surface area contributed by atoms with Crippen LogP contribution in [0.1, 0.15) is 56.4 Å². The lowest BCUT2D eigenvalue weighted by Crippen LogP contribution is -2.54. The molecule has 2 aliphatic carbocycles. The van der Waals surface area contributed by atoms with Crippen molar-refractivity contribution in [3.8, 4) is 11.9 Å². The third kappa shape index (κ3) is 4.86.